The Balaban J connectivity index is 2.83. The lowest BCUT2D eigenvalue weighted by molar-refractivity contribution is 0.303. The first-order valence-electron chi connectivity index (χ1n) is 6.21. The van der Waals surface area contributed by atoms with Crippen LogP contribution in [0.1, 0.15) is 31.9 Å². The lowest BCUT2D eigenvalue weighted by Gasteiger charge is -2.23. The van der Waals surface area contributed by atoms with Crippen molar-refractivity contribution in [3.8, 4) is 0 Å². The molecule has 1 unspecified atom stereocenters. The maximum atomic E-state index is 8.98. The molecule has 0 saturated heterocycles. The van der Waals surface area contributed by atoms with Gasteiger partial charge in [0.05, 0.1) is 6.61 Å². The Labute approximate surface area is 104 Å². The Morgan fingerprint density at radius 3 is 2.94 bits per heavy atom. The van der Waals surface area contributed by atoms with E-state index in [1.165, 1.54) is 5.56 Å². The van der Waals surface area contributed by atoms with E-state index in [4.69, 9.17) is 5.11 Å². The number of hydrogen-bond acceptors (Lipinski definition) is 4. The molecule has 1 aromatic heterocycles. The topological polar surface area (TPSA) is 48.4 Å². The standard InChI is InChI=1S/C13H23N3O/c1-4-7-14-11(2)12-6-5-8-15-13(12)16(3)9-10-17/h5-6,8,11,14,17H,4,7,9-10H2,1-3H3. The normalized spacial score (nSPS) is 12.5. The number of rotatable bonds is 7. The van der Waals surface area contributed by atoms with Crippen LogP contribution >= 0.6 is 0 Å². The van der Waals surface area contributed by atoms with Crippen molar-refractivity contribution in [1.82, 2.24) is 10.3 Å². The van der Waals surface area contributed by atoms with Crippen molar-refractivity contribution in [2.45, 2.75) is 26.3 Å². The van der Waals surface area contributed by atoms with Crippen molar-refractivity contribution in [1.29, 1.82) is 0 Å². The SMILES string of the molecule is CCCNC(C)c1cccnc1N(C)CCO. The molecule has 96 valence electrons. The summed E-state index contributed by atoms with van der Waals surface area (Å²) in [5.74, 6) is 0.942. The van der Waals surface area contributed by atoms with Crippen LogP contribution in [0.2, 0.25) is 0 Å². The molecule has 0 bridgehead atoms. The molecule has 0 aliphatic carbocycles. The molecule has 1 atom stereocenters. The first-order valence-corrected chi connectivity index (χ1v) is 6.21. The number of nitrogens with one attached hydrogen (secondary N) is 1. The fourth-order valence-electron chi connectivity index (χ4n) is 1.79. The molecule has 0 spiro atoms. The van der Waals surface area contributed by atoms with Gasteiger partial charge < -0.3 is 15.3 Å². The van der Waals surface area contributed by atoms with E-state index >= 15 is 0 Å². The van der Waals surface area contributed by atoms with Gasteiger partial charge in [-0.1, -0.05) is 13.0 Å². The lowest BCUT2D eigenvalue weighted by atomic mass is 10.1. The van der Waals surface area contributed by atoms with Crippen molar-refractivity contribution in [3.63, 3.8) is 0 Å². The van der Waals surface area contributed by atoms with Crippen LogP contribution in [-0.4, -0.2) is 36.8 Å². The highest BCUT2D eigenvalue weighted by Gasteiger charge is 2.13. The van der Waals surface area contributed by atoms with E-state index in [-0.39, 0.29) is 12.6 Å². The Hall–Kier alpha value is -1.13. The number of anilines is 1. The highest BCUT2D eigenvalue weighted by Crippen LogP contribution is 2.22. The van der Waals surface area contributed by atoms with Crippen LogP contribution < -0.4 is 10.2 Å². The van der Waals surface area contributed by atoms with Gasteiger partial charge in [0.25, 0.3) is 0 Å². The molecule has 0 aliphatic heterocycles. The molecule has 1 aromatic rings. The van der Waals surface area contributed by atoms with E-state index in [1.54, 1.807) is 6.20 Å². The van der Waals surface area contributed by atoms with Gasteiger partial charge in [0, 0.05) is 31.4 Å². The molecule has 0 aromatic carbocycles. The number of aliphatic hydroxyl groups excluding tert-OH is 1. The van der Waals surface area contributed by atoms with Crippen LogP contribution in [0.25, 0.3) is 0 Å². The van der Waals surface area contributed by atoms with Gasteiger partial charge in [0.2, 0.25) is 0 Å². The molecule has 17 heavy (non-hydrogen) atoms. The molecule has 1 rings (SSSR count). The Kier molecular flexibility index (Phi) is 5.94. The fraction of sp³-hybridized carbons (Fsp3) is 0.615. The van der Waals surface area contributed by atoms with E-state index in [1.807, 2.05) is 18.0 Å². The third kappa shape index (κ3) is 3.98. The second kappa shape index (κ2) is 7.25. The number of nitrogens with zero attached hydrogens (tertiary/aromatic N) is 2. The van der Waals surface area contributed by atoms with Crippen LogP contribution in [-0.2, 0) is 0 Å². The van der Waals surface area contributed by atoms with Gasteiger partial charge in [-0.25, -0.2) is 4.98 Å². The molecule has 2 N–H and O–H groups in total. The summed E-state index contributed by atoms with van der Waals surface area (Å²) in [4.78, 5) is 6.39. The molecule has 4 heteroatoms. The van der Waals surface area contributed by atoms with Gasteiger partial charge in [0.15, 0.2) is 0 Å². The predicted molar refractivity (Wildman–Crippen MR) is 71.3 cm³/mol. The average molecular weight is 237 g/mol. The second-order valence-corrected chi connectivity index (χ2v) is 4.24. The highest BCUT2D eigenvalue weighted by atomic mass is 16.3. The number of likely N-dealkylation sites (N-methyl/N-ethyl adjacent to an activating group) is 1. The van der Waals surface area contributed by atoms with E-state index < -0.39 is 0 Å². The summed E-state index contributed by atoms with van der Waals surface area (Å²) in [5.41, 5.74) is 1.18. The molecule has 4 nitrogen and oxygen atoms in total. The molecule has 0 aliphatic rings. The zero-order valence-electron chi connectivity index (χ0n) is 11.0. The molecule has 0 radical (unpaired) electrons. The van der Waals surface area contributed by atoms with Crippen molar-refractivity contribution in [3.05, 3.63) is 23.9 Å². The van der Waals surface area contributed by atoms with Crippen LogP contribution in [0, 0.1) is 0 Å². The summed E-state index contributed by atoms with van der Waals surface area (Å²) in [7, 11) is 1.95. The maximum absolute atomic E-state index is 8.98. The molecule has 1 heterocycles. The first kappa shape index (κ1) is 13.9. The minimum absolute atomic E-state index is 0.142. The quantitative estimate of drug-likeness (QED) is 0.756. The van der Waals surface area contributed by atoms with Crippen molar-refractivity contribution >= 4 is 5.82 Å². The summed E-state index contributed by atoms with van der Waals surface area (Å²) in [5, 5.41) is 12.4. The minimum Gasteiger partial charge on any atom is -0.395 e. The lowest BCUT2D eigenvalue weighted by Crippen LogP contribution is -2.27. The number of pyridine rings is 1. The molecule has 0 saturated carbocycles. The molecular weight excluding hydrogens is 214 g/mol. The summed E-state index contributed by atoms with van der Waals surface area (Å²) in [6, 6.07) is 4.32. The zero-order chi connectivity index (χ0) is 12.7. The van der Waals surface area contributed by atoms with Crippen LogP contribution in [0.4, 0.5) is 5.82 Å². The van der Waals surface area contributed by atoms with E-state index in [0.717, 1.165) is 18.8 Å². The Morgan fingerprint density at radius 1 is 1.53 bits per heavy atom. The van der Waals surface area contributed by atoms with Crippen molar-refractivity contribution < 1.29 is 5.11 Å². The van der Waals surface area contributed by atoms with Gasteiger partial charge in [-0.15, -0.1) is 0 Å². The van der Waals surface area contributed by atoms with Crippen molar-refractivity contribution in [2.24, 2.45) is 0 Å². The van der Waals surface area contributed by atoms with Gasteiger partial charge in [-0.3, -0.25) is 0 Å². The van der Waals surface area contributed by atoms with E-state index in [9.17, 15) is 0 Å². The zero-order valence-corrected chi connectivity index (χ0v) is 11.0. The average Bonchev–Trinajstić information content (AvgIpc) is 2.36. The van der Waals surface area contributed by atoms with Gasteiger partial charge in [-0.2, -0.15) is 0 Å². The molecular formula is C13H23N3O. The van der Waals surface area contributed by atoms with Gasteiger partial charge in [0.1, 0.15) is 5.82 Å². The summed E-state index contributed by atoms with van der Waals surface area (Å²) < 4.78 is 0. The number of aromatic nitrogens is 1. The van der Waals surface area contributed by atoms with Crippen molar-refractivity contribution in [2.75, 3.05) is 31.6 Å². The van der Waals surface area contributed by atoms with Crippen LogP contribution in [0.15, 0.2) is 18.3 Å². The third-order valence-electron chi connectivity index (χ3n) is 2.78. The highest BCUT2D eigenvalue weighted by molar-refractivity contribution is 5.47. The fourth-order valence-corrected chi connectivity index (χ4v) is 1.79. The number of aliphatic hydroxyl groups is 1. The van der Waals surface area contributed by atoms with E-state index in [2.05, 4.69) is 30.2 Å². The summed E-state index contributed by atoms with van der Waals surface area (Å²) in [6.45, 7) is 6.04. The summed E-state index contributed by atoms with van der Waals surface area (Å²) >= 11 is 0. The molecule has 0 fully saturated rings. The maximum Gasteiger partial charge on any atom is 0.133 e. The third-order valence-corrected chi connectivity index (χ3v) is 2.78. The van der Waals surface area contributed by atoms with E-state index in [0.29, 0.717) is 6.54 Å². The van der Waals surface area contributed by atoms with Crippen LogP contribution in [0.3, 0.4) is 0 Å². The van der Waals surface area contributed by atoms with Gasteiger partial charge >= 0.3 is 0 Å². The summed E-state index contributed by atoms with van der Waals surface area (Å²) in [6.07, 6.45) is 2.91. The number of hydrogen-bond donors (Lipinski definition) is 2. The second-order valence-electron chi connectivity index (χ2n) is 4.24. The first-order chi connectivity index (χ1) is 8.20. The van der Waals surface area contributed by atoms with Gasteiger partial charge in [-0.05, 0) is 26.0 Å². The smallest absolute Gasteiger partial charge is 0.133 e. The Bertz CT molecular complexity index is 330. The largest absolute Gasteiger partial charge is 0.395 e. The predicted octanol–water partition coefficient (Wildman–Crippen LogP) is 1.57. The monoisotopic (exact) mass is 237 g/mol. The minimum atomic E-state index is 0.142. The molecule has 0 amide bonds. The Morgan fingerprint density at radius 2 is 2.29 bits per heavy atom. The van der Waals surface area contributed by atoms with Crippen LogP contribution in [0.5, 0.6) is 0 Å².